The van der Waals surface area contributed by atoms with Gasteiger partial charge in [-0.2, -0.15) is 5.26 Å². The molecule has 0 saturated carbocycles. The second kappa shape index (κ2) is 8.88. The van der Waals surface area contributed by atoms with E-state index in [1.807, 2.05) is 36.4 Å². The third kappa shape index (κ3) is 3.89. The average Bonchev–Trinajstić information content (AvgIpc) is 2.82. The Kier molecular flexibility index (Phi) is 5.83. The van der Waals surface area contributed by atoms with Crippen LogP contribution >= 0.6 is 0 Å². The first-order chi connectivity index (χ1) is 15.5. The molecule has 0 amide bonds. The summed E-state index contributed by atoms with van der Waals surface area (Å²) in [6.07, 6.45) is 0. The van der Waals surface area contributed by atoms with Crippen molar-refractivity contribution in [1.82, 2.24) is 0 Å². The van der Waals surface area contributed by atoms with E-state index in [1.54, 1.807) is 18.2 Å². The second-order valence-corrected chi connectivity index (χ2v) is 7.04. The first kappa shape index (κ1) is 21.0. The molecule has 0 aliphatic carbocycles. The molecule has 8 heteroatoms. The number of rotatable bonds is 6. The molecule has 2 heterocycles. The van der Waals surface area contributed by atoms with Gasteiger partial charge in [0, 0.05) is 6.07 Å². The number of nitriles is 1. The molecule has 3 N–H and O–H groups in total. The molecule has 0 saturated heterocycles. The van der Waals surface area contributed by atoms with E-state index in [0.29, 0.717) is 23.7 Å². The van der Waals surface area contributed by atoms with Crippen LogP contribution in [-0.4, -0.2) is 12.2 Å². The lowest BCUT2D eigenvalue weighted by Crippen LogP contribution is -2.25. The lowest BCUT2D eigenvalue weighted by atomic mass is 9.87. The van der Waals surface area contributed by atoms with Crippen molar-refractivity contribution in [1.29, 1.82) is 5.26 Å². The van der Waals surface area contributed by atoms with Crippen LogP contribution in [0.5, 0.6) is 17.2 Å². The third-order valence-electron chi connectivity index (χ3n) is 5.04. The zero-order chi connectivity index (χ0) is 22.7. The lowest BCUT2D eigenvalue weighted by Gasteiger charge is -2.25. The molecule has 1 aliphatic heterocycles. The molecule has 2 aromatic carbocycles. The molecule has 0 bridgehead atoms. The van der Waals surface area contributed by atoms with Crippen LogP contribution in [0.25, 0.3) is 0 Å². The Bertz CT molecular complexity index is 1270. The molecule has 1 aromatic heterocycles. The number of hydrogen-bond acceptors (Lipinski definition) is 8. The number of aliphatic hydroxyl groups excluding tert-OH is 1. The Balaban J connectivity index is 1.76. The molecule has 0 spiro atoms. The van der Waals surface area contributed by atoms with Crippen LogP contribution in [-0.2, 0) is 13.2 Å². The van der Waals surface area contributed by atoms with E-state index in [1.165, 1.54) is 7.11 Å². The van der Waals surface area contributed by atoms with Crippen LogP contribution in [0, 0.1) is 11.3 Å². The first-order valence-electron chi connectivity index (χ1n) is 9.75. The van der Waals surface area contributed by atoms with E-state index in [2.05, 4.69) is 0 Å². The SMILES string of the molecule is COc1cc([C@@H]2C(C#N)=C(N)Oc3c2oc(CO)cc3=O)ccc1OCc1ccccc1. The summed E-state index contributed by atoms with van der Waals surface area (Å²) >= 11 is 0. The fourth-order valence-corrected chi connectivity index (χ4v) is 3.51. The highest BCUT2D eigenvalue weighted by molar-refractivity contribution is 5.55. The Morgan fingerprint density at radius 1 is 1.16 bits per heavy atom. The van der Waals surface area contributed by atoms with Gasteiger partial charge in [0.25, 0.3) is 0 Å². The van der Waals surface area contributed by atoms with Gasteiger partial charge in [0.05, 0.1) is 13.0 Å². The zero-order valence-electron chi connectivity index (χ0n) is 17.2. The zero-order valence-corrected chi connectivity index (χ0v) is 17.2. The van der Waals surface area contributed by atoms with Crippen molar-refractivity contribution in [3.05, 3.63) is 98.9 Å². The molecule has 162 valence electrons. The molecule has 0 unspecified atom stereocenters. The van der Waals surface area contributed by atoms with Crippen molar-refractivity contribution in [2.75, 3.05) is 7.11 Å². The number of benzene rings is 2. The smallest absolute Gasteiger partial charge is 0.228 e. The van der Waals surface area contributed by atoms with Crippen molar-refractivity contribution in [2.45, 2.75) is 19.1 Å². The van der Waals surface area contributed by atoms with Crippen molar-refractivity contribution >= 4 is 0 Å². The first-order valence-corrected chi connectivity index (χ1v) is 9.75. The largest absolute Gasteiger partial charge is 0.493 e. The quantitative estimate of drug-likeness (QED) is 0.608. The third-order valence-corrected chi connectivity index (χ3v) is 5.04. The summed E-state index contributed by atoms with van der Waals surface area (Å²) in [5.41, 5.74) is 7.09. The molecular weight excluding hydrogens is 412 g/mol. The Labute approximate surface area is 183 Å². The predicted octanol–water partition coefficient (Wildman–Crippen LogP) is 2.94. The number of hydrogen-bond donors (Lipinski definition) is 2. The summed E-state index contributed by atoms with van der Waals surface area (Å²) < 4.78 is 22.5. The Hall–Kier alpha value is -4.22. The summed E-state index contributed by atoms with van der Waals surface area (Å²) in [6.45, 7) is -0.131. The van der Waals surface area contributed by atoms with Crippen LogP contribution in [0.1, 0.15) is 28.6 Å². The van der Waals surface area contributed by atoms with Gasteiger partial charge in [-0.05, 0) is 23.3 Å². The van der Waals surface area contributed by atoms with Crippen molar-refractivity contribution in [3.8, 4) is 23.3 Å². The maximum Gasteiger partial charge on any atom is 0.228 e. The summed E-state index contributed by atoms with van der Waals surface area (Å²) in [4.78, 5) is 12.5. The molecule has 1 aliphatic rings. The molecule has 32 heavy (non-hydrogen) atoms. The fourth-order valence-electron chi connectivity index (χ4n) is 3.51. The summed E-state index contributed by atoms with van der Waals surface area (Å²) in [5, 5.41) is 19.2. The van der Waals surface area contributed by atoms with Gasteiger partial charge in [0.2, 0.25) is 17.1 Å². The van der Waals surface area contributed by atoms with E-state index in [-0.39, 0.29) is 28.7 Å². The second-order valence-electron chi connectivity index (χ2n) is 7.04. The maximum atomic E-state index is 12.5. The van der Waals surface area contributed by atoms with Gasteiger partial charge in [-0.25, -0.2) is 0 Å². The summed E-state index contributed by atoms with van der Waals surface area (Å²) in [5.74, 6) is -0.0388. The topological polar surface area (TPSA) is 128 Å². The predicted molar refractivity (Wildman–Crippen MR) is 114 cm³/mol. The molecule has 1 atom stereocenters. The Morgan fingerprint density at radius 3 is 2.62 bits per heavy atom. The Morgan fingerprint density at radius 2 is 1.94 bits per heavy atom. The average molecular weight is 432 g/mol. The van der Waals surface area contributed by atoms with Crippen molar-refractivity contribution in [3.63, 3.8) is 0 Å². The minimum Gasteiger partial charge on any atom is -0.493 e. The number of fused-ring (bicyclic) bond motifs is 1. The van der Waals surface area contributed by atoms with Gasteiger partial charge >= 0.3 is 0 Å². The molecule has 0 fully saturated rings. The highest BCUT2D eigenvalue weighted by Crippen LogP contribution is 2.43. The van der Waals surface area contributed by atoms with E-state index in [9.17, 15) is 15.2 Å². The maximum absolute atomic E-state index is 12.5. The van der Waals surface area contributed by atoms with Gasteiger partial charge < -0.3 is 29.5 Å². The highest BCUT2D eigenvalue weighted by atomic mass is 16.5. The highest BCUT2D eigenvalue weighted by Gasteiger charge is 2.35. The van der Waals surface area contributed by atoms with Crippen LogP contribution in [0.2, 0.25) is 0 Å². The van der Waals surface area contributed by atoms with Gasteiger partial charge in [0.15, 0.2) is 17.3 Å². The fraction of sp³-hybridized carbons (Fsp3) is 0.167. The van der Waals surface area contributed by atoms with Gasteiger partial charge in [-0.3, -0.25) is 4.79 Å². The van der Waals surface area contributed by atoms with E-state index < -0.39 is 18.0 Å². The van der Waals surface area contributed by atoms with Gasteiger partial charge in [-0.1, -0.05) is 36.4 Å². The number of methoxy groups -OCH3 is 1. The van der Waals surface area contributed by atoms with E-state index >= 15 is 0 Å². The van der Waals surface area contributed by atoms with Crippen LogP contribution in [0.3, 0.4) is 0 Å². The molecule has 4 rings (SSSR count). The molecular formula is C24H20N2O6. The van der Waals surface area contributed by atoms with Crippen LogP contribution in [0.4, 0.5) is 0 Å². The molecule has 0 radical (unpaired) electrons. The normalized spacial score (nSPS) is 14.8. The van der Waals surface area contributed by atoms with Gasteiger partial charge in [0.1, 0.15) is 30.6 Å². The van der Waals surface area contributed by atoms with E-state index in [0.717, 1.165) is 11.6 Å². The van der Waals surface area contributed by atoms with Crippen molar-refractivity contribution in [2.24, 2.45) is 5.73 Å². The molecule has 3 aromatic rings. The lowest BCUT2D eigenvalue weighted by molar-refractivity contribution is 0.231. The molecule has 8 nitrogen and oxygen atoms in total. The number of nitrogens with two attached hydrogens (primary N) is 1. The number of nitrogens with zero attached hydrogens (tertiary/aromatic N) is 1. The standard InChI is InChI=1S/C24H20N2O6/c1-29-20-9-15(7-8-19(20)30-13-14-5-3-2-4-6-14)21-17(11-25)24(26)32-22-18(28)10-16(12-27)31-23(21)22/h2-10,21,27H,12-13,26H2,1H3/t21-/m1/s1. The van der Waals surface area contributed by atoms with Crippen LogP contribution < -0.4 is 25.4 Å². The monoisotopic (exact) mass is 432 g/mol. The minimum atomic E-state index is -0.819. The number of ether oxygens (including phenoxy) is 3. The number of allylic oxidation sites excluding steroid dienone is 1. The minimum absolute atomic E-state index is 0.0508. The summed E-state index contributed by atoms with van der Waals surface area (Å²) in [7, 11) is 1.51. The summed E-state index contributed by atoms with van der Waals surface area (Å²) in [6, 6.07) is 18.0. The van der Waals surface area contributed by atoms with Gasteiger partial charge in [-0.15, -0.1) is 0 Å². The van der Waals surface area contributed by atoms with Crippen molar-refractivity contribution < 1.29 is 23.7 Å². The van der Waals surface area contributed by atoms with Crippen LogP contribution in [0.15, 0.2) is 75.3 Å². The van der Waals surface area contributed by atoms with E-state index in [4.69, 9.17) is 24.4 Å². The number of aliphatic hydroxyl groups is 1.